The van der Waals surface area contributed by atoms with Crippen LogP contribution >= 0.6 is 0 Å². The molecule has 1 aromatic heterocycles. The molecule has 2 heterocycles. The fourth-order valence-electron chi connectivity index (χ4n) is 1.80. The standard InChI is InChI=1S/C11H16N2O/c14-11-3-7-13(8-4-11)10-9-12-5-1-2-6-12/h1-2,5-6H,3-4,7-10H2. The molecule has 14 heavy (non-hydrogen) atoms. The molecule has 3 nitrogen and oxygen atoms in total. The third kappa shape index (κ3) is 2.45. The number of Topliss-reactive ketones (excluding diaryl/α,β-unsaturated/α-hetero) is 1. The van der Waals surface area contributed by atoms with Crippen LogP contribution < -0.4 is 0 Å². The second-order valence-corrected chi connectivity index (χ2v) is 3.80. The van der Waals surface area contributed by atoms with Crippen LogP contribution in [0, 0.1) is 0 Å². The lowest BCUT2D eigenvalue weighted by Crippen LogP contribution is -2.35. The monoisotopic (exact) mass is 192 g/mol. The Balaban J connectivity index is 1.73. The van der Waals surface area contributed by atoms with Crippen molar-refractivity contribution in [2.24, 2.45) is 0 Å². The van der Waals surface area contributed by atoms with Crippen molar-refractivity contribution < 1.29 is 4.79 Å². The fraction of sp³-hybridized carbons (Fsp3) is 0.545. The number of likely N-dealkylation sites (tertiary alicyclic amines) is 1. The second-order valence-electron chi connectivity index (χ2n) is 3.80. The van der Waals surface area contributed by atoms with Gasteiger partial charge >= 0.3 is 0 Å². The minimum absolute atomic E-state index is 0.419. The number of aromatic nitrogens is 1. The van der Waals surface area contributed by atoms with Gasteiger partial charge in [0, 0.05) is 51.4 Å². The van der Waals surface area contributed by atoms with Crippen LogP contribution in [-0.4, -0.2) is 34.9 Å². The predicted molar refractivity (Wildman–Crippen MR) is 55.1 cm³/mol. The molecule has 76 valence electrons. The highest BCUT2D eigenvalue weighted by molar-refractivity contribution is 5.79. The number of carbonyl (C=O) groups is 1. The Morgan fingerprint density at radius 1 is 1.07 bits per heavy atom. The summed E-state index contributed by atoms with van der Waals surface area (Å²) in [5, 5.41) is 0. The van der Waals surface area contributed by atoms with E-state index in [1.807, 2.05) is 12.1 Å². The molecule has 0 bridgehead atoms. The lowest BCUT2D eigenvalue weighted by atomic mass is 10.1. The van der Waals surface area contributed by atoms with Crippen molar-refractivity contribution in [1.82, 2.24) is 9.47 Å². The van der Waals surface area contributed by atoms with Crippen molar-refractivity contribution >= 4 is 5.78 Å². The molecule has 0 atom stereocenters. The molecule has 0 aromatic carbocycles. The maximum Gasteiger partial charge on any atom is 0.135 e. The van der Waals surface area contributed by atoms with Crippen LogP contribution in [0.1, 0.15) is 12.8 Å². The summed E-state index contributed by atoms with van der Waals surface area (Å²) in [7, 11) is 0. The van der Waals surface area contributed by atoms with Gasteiger partial charge < -0.3 is 9.47 Å². The van der Waals surface area contributed by atoms with Crippen molar-refractivity contribution in [2.45, 2.75) is 19.4 Å². The van der Waals surface area contributed by atoms with Gasteiger partial charge in [-0.05, 0) is 12.1 Å². The lowest BCUT2D eigenvalue weighted by molar-refractivity contribution is -0.121. The van der Waals surface area contributed by atoms with E-state index < -0.39 is 0 Å². The molecule has 0 spiro atoms. The predicted octanol–water partition coefficient (Wildman–Crippen LogP) is 1.15. The Kier molecular flexibility index (Phi) is 2.99. The Morgan fingerprint density at radius 3 is 2.36 bits per heavy atom. The third-order valence-electron chi connectivity index (χ3n) is 2.75. The molecule has 1 fully saturated rings. The van der Waals surface area contributed by atoms with E-state index in [-0.39, 0.29) is 0 Å². The Hall–Kier alpha value is -1.09. The Labute approximate surface area is 84.3 Å². The Morgan fingerprint density at radius 2 is 1.71 bits per heavy atom. The number of carbonyl (C=O) groups excluding carboxylic acids is 1. The summed E-state index contributed by atoms with van der Waals surface area (Å²) < 4.78 is 2.18. The van der Waals surface area contributed by atoms with Crippen molar-refractivity contribution in [2.75, 3.05) is 19.6 Å². The SMILES string of the molecule is O=C1CCN(CCn2cccc2)CC1. The molecule has 3 heteroatoms. The molecule has 1 saturated heterocycles. The molecule has 1 aliphatic heterocycles. The van der Waals surface area contributed by atoms with Gasteiger partial charge in [0.2, 0.25) is 0 Å². The van der Waals surface area contributed by atoms with Crippen LogP contribution in [-0.2, 0) is 11.3 Å². The topological polar surface area (TPSA) is 25.2 Å². The van der Waals surface area contributed by atoms with Crippen molar-refractivity contribution in [3.63, 3.8) is 0 Å². The van der Waals surface area contributed by atoms with Gasteiger partial charge in [0.05, 0.1) is 0 Å². The van der Waals surface area contributed by atoms with Crippen molar-refractivity contribution in [3.05, 3.63) is 24.5 Å². The molecule has 0 radical (unpaired) electrons. The molecule has 0 saturated carbocycles. The van der Waals surface area contributed by atoms with Crippen LogP contribution in [0.25, 0.3) is 0 Å². The normalized spacial score (nSPS) is 18.7. The largest absolute Gasteiger partial charge is 0.353 e. The van der Waals surface area contributed by atoms with Crippen molar-refractivity contribution in [3.8, 4) is 0 Å². The highest BCUT2D eigenvalue weighted by Crippen LogP contribution is 2.05. The first-order valence-electron chi connectivity index (χ1n) is 5.19. The zero-order chi connectivity index (χ0) is 9.80. The summed E-state index contributed by atoms with van der Waals surface area (Å²) in [5.41, 5.74) is 0. The highest BCUT2D eigenvalue weighted by atomic mass is 16.1. The molecule has 0 aliphatic carbocycles. The smallest absolute Gasteiger partial charge is 0.135 e. The lowest BCUT2D eigenvalue weighted by Gasteiger charge is -2.25. The second kappa shape index (κ2) is 4.42. The molecule has 2 rings (SSSR count). The first-order chi connectivity index (χ1) is 6.84. The summed E-state index contributed by atoms with van der Waals surface area (Å²) in [6.07, 6.45) is 5.64. The number of nitrogens with zero attached hydrogens (tertiary/aromatic N) is 2. The molecule has 0 unspecified atom stereocenters. The highest BCUT2D eigenvalue weighted by Gasteiger charge is 2.15. The average molecular weight is 192 g/mol. The molecular weight excluding hydrogens is 176 g/mol. The minimum atomic E-state index is 0.419. The molecular formula is C11H16N2O. The van der Waals surface area contributed by atoms with Gasteiger partial charge in [0.15, 0.2) is 0 Å². The van der Waals surface area contributed by atoms with Gasteiger partial charge in [-0.25, -0.2) is 0 Å². The molecule has 1 aliphatic rings. The summed E-state index contributed by atoms with van der Waals surface area (Å²) in [6.45, 7) is 3.98. The van der Waals surface area contributed by atoms with E-state index >= 15 is 0 Å². The maximum atomic E-state index is 11.0. The maximum absolute atomic E-state index is 11.0. The van der Waals surface area contributed by atoms with Gasteiger partial charge in [0.1, 0.15) is 5.78 Å². The van der Waals surface area contributed by atoms with Crippen LogP contribution in [0.2, 0.25) is 0 Å². The average Bonchev–Trinajstić information content (AvgIpc) is 2.70. The van der Waals surface area contributed by atoms with E-state index in [4.69, 9.17) is 0 Å². The van der Waals surface area contributed by atoms with Crippen LogP contribution in [0.5, 0.6) is 0 Å². The van der Waals surface area contributed by atoms with Gasteiger partial charge in [-0.15, -0.1) is 0 Å². The van der Waals surface area contributed by atoms with E-state index in [0.29, 0.717) is 5.78 Å². The zero-order valence-corrected chi connectivity index (χ0v) is 8.35. The number of ketones is 1. The molecule has 1 aromatic rings. The fourth-order valence-corrected chi connectivity index (χ4v) is 1.80. The number of hydrogen-bond donors (Lipinski definition) is 0. The van der Waals surface area contributed by atoms with Gasteiger partial charge in [-0.3, -0.25) is 4.79 Å². The van der Waals surface area contributed by atoms with Crippen LogP contribution in [0.4, 0.5) is 0 Å². The minimum Gasteiger partial charge on any atom is -0.353 e. The van der Waals surface area contributed by atoms with E-state index in [9.17, 15) is 4.79 Å². The van der Waals surface area contributed by atoms with Gasteiger partial charge in [-0.1, -0.05) is 0 Å². The van der Waals surface area contributed by atoms with Crippen LogP contribution in [0.3, 0.4) is 0 Å². The number of piperidine rings is 1. The van der Waals surface area contributed by atoms with Crippen LogP contribution in [0.15, 0.2) is 24.5 Å². The summed E-state index contributed by atoms with van der Waals surface area (Å²) in [5.74, 6) is 0.419. The summed E-state index contributed by atoms with van der Waals surface area (Å²) >= 11 is 0. The van der Waals surface area contributed by atoms with E-state index in [1.54, 1.807) is 0 Å². The van der Waals surface area contributed by atoms with Crippen molar-refractivity contribution in [1.29, 1.82) is 0 Å². The van der Waals surface area contributed by atoms with Gasteiger partial charge in [-0.2, -0.15) is 0 Å². The number of hydrogen-bond acceptors (Lipinski definition) is 2. The zero-order valence-electron chi connectivity index (χ0n) is 8.35. The first-order valence-corrected chi connectivity index (χ1v) is 5.19. The third-order valence-corrected chi connectivity index (χ3v) is 2.75. The first kappa shape index (κ1) is 9.46. The van der Waals surface area contributed by atoms with E-state index in [2.05, 4.69) is 21.9 Å². The Bertz CT molecular complexity index is 282. The van der Waals surface area contributed by atoms with E-state index in [0.717, 1.165) is 39.0 Å². The van der Waals surface area contributed by atoms with Gasteiger partial charge in [0.25, 0.3) is 0 Å². The number of rotatable bonds is 3. The quantitative estimate of drug-likeness (QED) is 0.718. The summed E-state index contributed by atoms with van der Waals surface area (Å²) in [6, 6.07) is 4.08. The van der Waals surface area contributed by atoms with E-state index in [1.165, 1.54) is 0 Å². The molecule has 0 amide bonds. The molecule has 0 N–H and O–H groups in total. The summed E-state index contributed by atoms with van der Waals surface area (Å²) in [4.78, 5) is 13.4.